The minimum atomic E-state index is -3.32. The molecule has 0 bridgehead atoms. The van der Waals surface area contributed by atoms with E-state index in [4.69, 9.17) is 4.74 Å². The number of hydrogen-bond acceptors (Lipinski definition) is 4. The van der Waals surface area contributed by atoms with Gasteiger partial charge < -0.3 is 9.64 Å². The molecule has 5 nitrogen and oxygen atoms in total. The summed E-state index contributed by atoms with van der Waals surface area (Å²) in [6.07, 6.45) is 2.91. The van der Waals surface area contributed by atoms with Crippen molar-refractivity contribution in [3.63, 3.8) is 0 Å². The standard InChI is InChI=1S/C20H23NO4S/c1-26(23,24)19-9-5-6-17(14-19)20(22)21-12-10-16(11-13-21)15-25-18-7-3-2-4-8-18/h2-9,14,16H,10-13,15H2,1H3. The van der Waals surface area contributed by atoms with Crippen molar-refractivity contribution in [1.82, 2.24) is 4.90 Å². The minimum absolute atomic E-state index is 0.113. The lowest BCUT2D eigenvalue weighted by atomic mass is 9.97. The molecule has 0 aliphatic carbocycles. The van der Waals surface area contributed by atoms with Crippen molar-refractivity contribution in [2.45, 2.75) is 17.7 Å². The van der Waals surface area contributed by atoms with Gasteiger partial charge in [0.1, 0.15) is 5.75 Å². The first kappa shape index (κ1) is 18.5. The van der Waals surface area contributed by atoms with Crippen LogP contribution in [-0.2, 0) is 9.84 Å². The largest absolute Gasteiger partial charge is 0.493 e. The van der Waals surface area contributed by atoms with Crippen molar-refractivity contribution in [1.29, 1.82) is 0 Å². The maximum Gasteiger partial charge on any atom is 0.253 e. The first-order valence-electron chi connectivity index (χ1n) is 8.71. The maximum atomic E-state index is 12.7. The maximum absolute atomic E-state index is 12.7. The highest BCUT2D eigenvalue weighted by molar-refractivity contribution is 7.90. The fourth-order valence-electron chi connectivity index (χ4n) is 3.08. The quantitative estimate of drug-likeness (QED) is 0.808. The monoisotopic (exact) mass is 373 g/mol. The summed E-state index contributed by atoms with van der Waals surface area (Å²) in [5.74, 6) is 1.17. The van der Waals surface area contributed by atoms with Crippen LogP contribution in [0.1, 0.15) is 23.2 Å². The van der Waals surface area contributed by atoms with Gasteiger partial charge in [0, 0.05) is 24.9 Å². The Morgan fingerprint density at radius 3 is 2.42 bits per heavy atom. The molecule has 138 valence electrons. The molecule has 1 fully saturated rings. The number of carbonyl (C=O) groups excluding carboxylic acids is 1. The van der Waals surface area contributed by atoms with Gasteiger partial charge in [-0.25, -0.2) is 8.42 Å². The van der Waals surface area contributed by atoms with Crippen LogP contribution < -0.4 is 4.74 Å². The van der Waals surface area contributed by atoms with E-state index in [9.17, 15) is 13.2 Å². The SMILES string of the molecule is CS(=O)(=O)c1cccc(C(=O)N2CCC(COc3ccccc3)CC2)c1. The Kier molecular flexibility index (Phi) is 5.61. The highest BCUT2D eigenvalue weighted by Crippen LogP contribution is 2.21. The third-order valence-electron chi connectivity index (χ3n) is 4.64. The summed E-state index contributed by atoms with van der Waals surface area (Å²) in [4.78, 5) is 14.6. The van der Waals surface area contributed by atoms with Crippen LogP contribution >= 0.6 is 0 Å². The van der Waals surface area contributed by atoms with Crippen LogP contribution in [0.5, 0.6) is 5.75 Å². The fourth-order valence-corrected chi connectivity index (χ4v) is 3.74. The molecule has 0 spiro atoms. The summed E-state index contributed by atoms with van der Waals surface area (Å²) in [7, 11) is -3.32. The van der Waals surface area contributed by atoms with E-state index in [0.717, 1.165) is 24.8 Å². The summed E-state index contributed by atoms with van der Waals surface area (Å²) in [6, 6.07) is 16.0. The van der Waals surface area contributed by atoms with E-state index in [1.54, 1.807) is 17.0 Å². The van der Waals surface area contributed by atoms with Gasteiger partial charge in [0.05, 0.1) is 11.5 Å². The third kappa shape index (κ3) is 4.64. The zero-order valence-electron chi connectivity index (χ0n) is 14.8. The van der Waals surface area contributed by atoms with Crippen molar-refractivity contribution in [2.24, 2.45) is 5.92 Å². The van der Waals surface area contributed by atoms with Gasteiger partial charge in [0.15, 0.2) is 9.84 Å². The molecule has 2 aromatic carbocycles. The van der Waals surface area contributed by atoms with E-state index in [2.05, 4.69) is 0 Å². The van der Waals surface area contributed by atoms with E-state index in [1.165, 1.54) is 12.1 Å². The molecular weight excluding hydrogens is 350 g/mol. The Morgan fingerprint density at radius 2 is 1.77 bits per heavy atom. The van der Waals surface area contributed by atoms with Gasteiger partial charge in [0.2, 0.25) is 0 Å². The number of benzene rings is 2. The van der Waals surface area contributed by atoms with Crippen molar-refractivity contribution >= 4 is 15.7 Å². The Hall–Kier alpha value is -2.34. The molecule has 0 N–H and O–H groups in total. The van der Waals surface area contributed by atoms with Crippen LogP contribution in [0.2, 0.25) is 0 Å². The number of carbonyl (C=O) groups is 1. The van der Waals surface area contributed by atoms with E-state index in [0.29, 0.717) is 31.2 Å². The van der Waals surface area contributed by atoms with Gasteiger partial charge in [0.25, 0.3) is 5.91 Å². The molecule has 1 amide bonds. The summed E-state index contributed by atoms with van der Waals surface area (Å²) in [6.45, 7) is 1.96. The first-order chi connectivity index (χ1) is 12.4. The van der Waals surface area contributed by atoms with E-state index in [-0.39, 0.29) is 10.8 Å². The fraction of sp³-hybridized carbons (Fsp3) is 0.350. The van der Waals surface area contributed by atoms with Crippen LogP contribution in [0.15, 0.2) is 59.5 Å². The summed E-state index contributed by atoms with van der Waals surface area (Å²) in [5, 5.41) is 0. The molecule has 0 unspecified atom stereocenters. The third-order valence-corrected chi connectivity index (χ3v) is 5.75. The smallest absolute Gasteiger partial charge is 0.253 e. The van der Waals surface area contributed by atoms with Crippen molar-refractivity contribution < 1.29 is 17.9 Å². The minimum Gasteiger partial charge on any atom is -0.493 e. The first-order valence-corrected chi connectivity index (χ1v) is 10.6. The zero-order valence-corrected chi connectivity index (χ0v) is 15.6. The zero-order chi connectivity index (χ0) is 18.6. The van der Waals surface area contributed by atoms with Gasteiger partial charge in [-0.2, -0.15) is 0 Å². The summed E-state index contributed by atoms with van der Waals surface area (Å²) >= 11 is 0. The second-order valence-electron chi connectivity index (χ2n) is 6.66. The van der Waals surface area contributed by atoms with Crippen LogP contribution in [0, 0.1) is 5.92 Å². The molecule has 1 aliphatic heterocycles. The lowest BCUT2D eigenvalue weighted by molar-refractivity contribution is 0.0661. The predicted molar refractivity (Wildman–Crippen MR) is 100 cm³/mol. The molecule has 0 atom stereocenters. The van der Waals surface area contributed by atoms with Gasteiger partial charge in [-0.3, -0.25) is 4.79 Å². The Balaban J connectivity index is 1.55. The van der Waals surface area contributed by atoms with Crippen LogP contribution in [0.25, 0.3) is 0 Å². The lowest BCUT2D eigenvalue weighted by Crippen LogP contribution is -2.39. The molecule has 3 rings (SSSR count). The van der Waals surface area contributed by atoms with Crippen LogP contribution in [0.3, 0.4) is 0 Å². The Bertz CT molecular complexity index is 856. The molecule has 26 heavy (non-hydrogen) atoms. The topological polar surface area (TPSA) is 63.7 Å². The Labute approximate surface area is 154 Å². The number of hydrogen-bond donors (Lipinski definition) is 0. The lowest BCUT2D eigenvalue weighted by Gasteiger charge is -2.32. The van der Waals surface area contributed by atoms with Gasteiger partial charge in [-0.1, -0.05) is 24.3 Å². The number of amides is 1. The number of nitrogens with zero attached hydrogens (tertiary/aromatic N) is 1. The van der Waals surface area contributed by atoms with Crippen molar-refractivity contribution in [3.05, 3.63) is 60.2 Å². The predicted octanol–water partition coefficient (Wildman–Crippen LogP) is 3.02. The molecular formula is C20H23NO4S. The molecule has 1 aliphatic rings. The molecule has 6 heteroatoms. The van der Waals surface area contributed by atoms with Crippen LogP contribution in [-0.4, -0.2) is 45.2 Å². The molecule has 1 heterocycles. The normalized spacial score (nSPS) is 15.7. The van der Waals surface area contributed by atoms with E-state index >= 15 is 0 Å². The number of piperidine rings is 1. The van der Waals surface area contributed by atoms with Crippen molar-refractivity contribution in [2.75, 3.05) is 26.0 Å². The average molecular weight is 373 g/mol. The Morgan fingerprint density at radius 1 is 1.08 bits per heavy atom. The summed E-state index contributed by atoms with van der Waals surface area (Å²) < 4.78 is 29.2. The van der Waals surface area contributed by atoms with Gasteiger partial charge in [-0.05, 0) is 49.1 Å². The number of para-hydroxylation sites is 1. The van der Waals surface area contributed by atoms with Gasteiger partial charge in [-0.15, -0.1) is 0 Å². The number of likely N-dealkylation sites (tertiary alicyclic amines) is 1. The van der Waals surface area contributed by atoms with Crippen LogP contribution in [0.4, 0.5) is 0 Å². The molecule has 0 saturated carbocycles. The molecule has 2 aromatic rings. The highest BCUT2D eigenvalue weighted by atomic mass is 32.2. The second kappa shape index (κ2) is 7.91. The highest BCUT2D eigenvalue weighted by Gasteiger charge is 2.24. The number of ether oxygens (including phenoxy) is 1. The molecule has 1 saturated heterocycles. The summed E-state index contributed by atoms with van der Waals surface area (Å²) in [5.41, 5.74) is 0.423. The molecule has 0 radical (unpaired) electrons. The number of rotatable bonds is 5. The number of sulfone groups is 1. The van der Waals surface area contributed by atoms with E-state index in [1.807, 2.05) is 30.3 Å². The van der Waals surface area contributed by atoms with Crippen molar-refractivity contribution in [3.8, 4) is 5.75 Å². The second-order valence-corrected chi connectivity index (χ2v) is 8.68. The molecule has 0 aromatic heterocycles. The average Bonchev–Trinajstić information content (AvgIpc) is 2.66. The van der Waals surface area contributed by atoms with Gasteiger partial charge >= 0.3 is 0 Å². The van der Waals surface area contributed by atoms with E-state index < -0.39 is 9.84 Å².